The van der Waals surface area contributed by atoms with Crippen molar-refractivity contribution in [3.63, 3.8) is 0 Å². The van der Waals surface area contributed by atoms with Crippen LogP contribution in [0.1, 0.15) is 0 Å². The van der Waals surface area contributed by atoms with Gasteiger partial charge < -0.3 is 4.42 Å². The molecule has 2 rings (SSSR count). The van der Waals surface area contributed by atoms with Gasteiger partial charge in [0, 0.05) is 11.1 Å². The molecule has 1 heterocycles. The van der Waals surface area contributed by atoms with Gasteiger partial charge >= 0.3 is 0 Å². The Morgan fingerprint density at radius 1 is 1.15 bits per heavy atom. The summed E-state index contributed by atoms with van der Waals surface area (Å²) < 4.78 is 4.84. The van der Waals surface area contributed by atoms with Crippen LogP contribution in [-0.2, 0) is 0 Å². The van der Waals surface area contributed by atoms with Crippen molar-refractivity contribution in [2.75, 3.05) is 0 Å². The number of hydrogen-bond acceptors (Lipinski definition) is 1. The Morgan fingerprint density at radius 3 is 2.38 bits per heavy atom. The molecule has 0 aliphatic carbocycles. The molecule has 65 valence electrons. The maximum Gasteiger partial charge on any atom is 0.169 e. The van der Waals surface area contributed by atoms with Crippen molar-refractivity contribution in [2.24, 2.45) is 0 Å². The minimum absolute atomic E-state index is 0.613. The predicted molar refractivity (Wildman–Crippen MR) is 53.0 cm³/mol. The molecule has 1 aromatic carbocycles. The molecule has 0 saturated heterocycles. The van der Waals surface area contributed by atoms with E-state index in [1.807, 2.05) is 0 Å². The molecule has 0 saturated carbocycles. The second-order valence-electron chi connectivity index (χ2n) is 2.55. The molecule has 1 aromatic heterocycles. The largest absolute Gasteiger partial charge is 0.460 e. The predicted octanol–water partition coefficient (Wildman–Crippen LogP) is 4.05. The first-order chi connectivity index (χ1) is 6.29. The minimum atomic E-state index is 0.613. The summed E-state index contributed by atoms with van der Waals surface area (Å²) >= 11 is 12.0. The zero-order valence-corrected chi connectivity index (χ0v) is 8.06. The van der Waals surface area contributed by atoms with E-state index in [1.54, 1.807) is 30.5 Å². The molecule has 0 fully saturated rings. The molecule has 13 heavy (non-hydrogen) atoms. The highest BCUT2D eigenvalue weighted by atomic mass is 35.5. The fourth-order valence-electron chi connectivity index (χ4n) is 1.13. The van der Waals surface area contributed by atoms with Gasteiger partial charge in [-0.25, -0.2) is 0 Å². The average Bonchev–Trinajstić information content (AvgIpc) is 2.57. The van der Waals surface area contributed by atoms with Crippen LogP contribution in [0.5, 0.6) is 0 Å². The molecule has 0 aliphatic rings. The van der Waals surface area contributed by atoms with Crippen LogP contribution in [0.4, 0.5) is 0 Å². The summed E-state index contributed by atoms with van der Waals surface area (Å²) in [4.78, 5) is 0. The first kappa shape index (κ1) is 8.67. The van der Waals surface area contributed by atoms with Crippen LogP contribution in [-0.4, -0.2) is 0 Å². The van der Waals surface area contributed by atoms with E-state index in [-0.39, 0.29) is 0 Å². The quantitative estimate of drug-likeness (QED) is 0.694. The van der Waals surface area contributed by atoms with Crippen molar-refractivity contribution < 1.29 is 4.42 Å². The van der Waals surface area contributed by atoms with E-state index in [2.05, 4.69) is 6.26 Å². The number of hydrogen-bond donors (Lipinski definition) is 0. The fraction of sp³-hybridized carbons (Fsp3) is 0. The Kier molecular flexibility index (Phi) is 2.30. The molecule has 0 N–H and O–H groups in total. The van der Waals surface area contributed by atoms with Gasteiger partial charge in [-0.1, -0.05) is 29.3 Å². The lowest BCUT2D eigenvalue weighted by Gasteiger charge is -2.02. The Hall–Kier alpha value is -0.920. The van der Waals surface area contributed by atoms with E-state index in [9.17, 15) is 0 Å². The topological polar surface area (TPSA) is 13.1 Å². The van der Waals surface area contributed by atoms with Gasteiger partial charge in [-0.2, -0.15) is 0 Å². The summed E-state index contributed by atoms with van der Waals surface area (Å²) in [6.07, 6.45) is 4.15. The zero-order chi connectivity index (χ0) is 9.26. The maximum absolute atomic E-state index is 5.98. The van der Waals surface area contributed by atoms with Crippen LogP contribution >= 0.6 is 23.2 Å². The smallest absolute Gasteiger partial charge is 0.169 e. The van der Waals surface area contributed by atoms with Crippen LogP contribution < -0.4 is 0 Å². The first-order valence-electron chi connectivity index (χ1n) is 3.68. The third-order valence-corrected chi connectivity index (χ3v) is 2.35. The van der Waals surface area contributed by atoms with E-state index in [4.69, 9.17) is 27.6 Å². The van der Waals surface area contributed by atoms with Crippen molar-refractivity contribution in [3.8, 4) is 11.1 Å². The number of rotatable bonds is 1. The molecule has 1 radical (unpaired) electrons. The van der Waals surface area contributed by atoms with E-state index in [0.717, 1.165) is 11.1 Å². The molecule has 3 heteroatoms. The zero-order valence-electron chi connectivity index (χ0n) is 6.55. The van der Waals surface area contributed by atoms with Gasteiger partial charge in [-0.05, 0) is 18.2 Å². The molecule has 0 amide bonds. The van der Waals surface area contributed by atoms with E-state index >= 15 is 0 Å². The summed E-state index contributed by atoms with van der Waals surface area (Å²) in [5.74, 6) is 0. The van der Waals surface area contributed by atoms with Gasteiger partial charge in [0.2, 0.25) is 0 Å². The summed E-state index contributed by atoms with van der Waals surface area (Å²) in [6.45, 7) is 0. The van der Waals surface area contributed by atoms with Crippen molar-refractivity contribution >= 4 is 23.2 Å². The summed E-state index contributed by atoms with van der Waals surface area (Å²) in [5, 5.41) is 1.23. The van der Waals surface area contributed by atoms with Gasteiger partial charge in [-0.3, -0.25) is 0 Å². The second kappa shape index (κ2) is 3.44. The van der Waals surface area contributed by atoms with Gasteiger partial charge in [0.05, 0.1) is 16.3 Å². The van der Waals surface area contributed by atoms with E-state index in [0.29, 0.717) is 10.0 Å². The Labute approximate surface area is 85.9 Å². The SMILES string of the molecule is Clc1cccc(Cl)c1-c1c[c]oc1. The van der Waals surface area contributed by atoms with Crippen molar-refractivity contribution in [1.29, 1.82) is 0 Å². The number of halogens is 2. The van der Waals surface area contributed by atoms with Crippen molar-refractivity contribution in [3.05, 3.63) is 46.8 Å². The average molecular weight is 212 g/mol. The molecule has 0 unspecified atom stereocenters. The lowest BCUT2D eigenvalue weighted by atomic mass is 10.1. The van der Waals surface area contributed by atoms with Gasteiger partial charge in [0.25, 0.3) is 0 Å². The highest BCUT2D eigenvalue weighted by Crippen LogP contribution is 2.34. The fourth-order valence-corrected chi connectivity index (χ4v) is 1.75. The highest BCUT2D eigenvalue weighted by Gasteiger charge is 2.08. The normalized spacial score (nSPS) is 10.3. The summed E-state index contributed by atoms with van der Waals surface area (Å²) in [6, 6.07) is 7.08. The molecule has 0 atom stereocenters. The van der Waals surface area contributed by atoms with Crippen LogP contribution in [0.3, 0.4) is 0 Å². The van der Waals surface area contributed by atoms with E-state index in [1.165, 1.54) is 0 Å². The molecule has 1 nitrogen and oxygen atoms in total. The third kappa shape index (κ3) is 1.58. The molecule has 0 bridgehead atoms. The van der Waals surface area contributed by atoms with Crippen LogP contribution in [0.25, 0.3) is 11.1 Å². The van der Waals surface area contributed by atoms with Gasteiger partial charge in [0.1, 0.15) is 0 Å². The van der Waals surface area contributed by atoms with Gasteiger partial charge in [0.15, 0.2) is 6.26 Å². The number of furan rings is 1. The van der Waals surface area contributed by atoms with Crippen LogP contribution in [0.15, 0.2) is 34.9 Å². The maximum atomic E-state index is 5.98. The molecule has 2 aromatic rings. The van der Waals surface area contributed by atoms with Crippen LogP contribution in [0, 0.1) is 6.26 Å². The lowest BCUT2D eigenvalue weighted by Crippen LogP contribution is -1.77. The second-order valence-corrected chi connectivity index (χ2v) is 3.36. The number of benzene rings is 1. The third-order valence-electron chi connectivity index (χ3n) is 1.72. The Balaban J connectivity index is 2.64. The molecule has 0 aliphatic heterocycles. The summed E-state index contributed by atoms with van der Waals surface area (Å²) in [5.41, 5.74) is 1.63. The molecular weight excluding hydrogens is 207 g/mol. The lowest BCUT2D eigenvalue weighted by molar-refractivity contribution is 0.559. The minimum Gasteiger partial charge on any atom is -0.460 e. The van der Waals surface area contributed by atoms with Gasteiger partial charge in [-0.15, -0.1) is 0 Å². The standard InChI is InChI=1S/C10H5Cl2O/c11-8-2-1-3-9(12)10(8)7-4-5-13-6-7/h1-4,6H. The molecule has 0 spiro atoms. The van der Waals surface area contributed by atoms with E-state index < -0.39 is 0 Å². The first-order valence-corrected chi connectivity index (χ1v) is 4.43. The Morgan fingerprint density at radius 2 is 1.85 bits per heavy atom. The Bertz CT molecular complexity index is 387. The monoisotopic (exact) mass is 211 g/mol. The highest BCUT2D eigenvalue weighted by molar-refractivity contribution is 6.39. The summed E-state index contributed by atoms with van der Waals surface area (Å²) in [7, 11) is 0. The van der Waals surface area contributed by atoms with Crippen molar-refractivity contribution in [2.45, 2.75) is 0 Å². The van der Waals surface area contributed by atoms with Crippen molar-refractivity contribution in [1.82, 2.24) is 0 Å². The van der Waals surface area contributed by atoms with Crippen LogP contribution in [0.2, 0.25) is 10.0 Å². The molecular formula is C10H5Cl2O.